The fraction of sp³-hybridized carbons (Fsp3) is 0.200. The number of nitrogens with one attached hydrogen (secondary N) is 1. The molecule has 0 fully saturated rings. The first-order chi connectivity index (χ1) is 8.42. The lowest BCUT2D eigenvalue weighted by Crippen LogP contribution is -2.21. The number of terminal acetylenes is 1. The van der Waals surface area contributed by atoms with Crippen LogP contribution in [-0.2, 0) is 0 Å². The summed E-state index contributed by atoms with van der Waals surface area (Å²) in [5, 5.41) is 5.43. The van der Waals surface area contributed by atoms with Crippen molar-refractivity contribution in [2.45, 2.75) is 0 Å². The van der Waals surface area contributed by atoms with Crippen molar-refractivity contribution >= 4 is 10.8 Å². The highest BCUT2D eigenvalue weighted by molar-refractivity contribution is 5.88. The molecule has 2 aromatic rings. The maximum absolute atomic E-state index is 5.73. The molecule has 86 valence electrons. The summed E-state index contributed by atoms with van der Waals surface area (Å²) < 4.78 is 5.73. The van der Waals surface area contributed by atoms with Gasteiger partial charge < -0.3 is 10.1 Å². The third-order valence-electron chi connectivity index (χ3n) is 2.51. The third-order valence-corrected chi connectivity index (χ3v) is 2.51. The van der Waals surface area contributed by atoms with E-state index in [0.717, 1.165) is 17.7 Å². The fourth-order valence-corrected chi connectivity index (χ4v) is 1.72. The van der Waals surface area contributed by atoms with E-state index in [4.69, 9.17) is 11.2 Å². The molecular formula is C15H15NO. The zero-order valence-corrected chi connectivity index (χ0v) is 9.65. The summed E-state index contributed by atoms with van der Waals surface area (Å²) in [4.78, 5) is 0. The van der Waals surface area contributed by atoms with Crippen LogP contribution in [0.2, 0.25) is 0 Å². The number of ether oxygens (including phenoxy) is 1. The molecule has 0 unspecified atom stereocenters. The van der Waals surface area contributed by atoms with Crippen LogP contribution in [0.25, 0.3) is 10.8 Å². The Kier molecular flexibility index (Phi) is 4.01. The van der Waals surface area contributed by atoms with Gasteiger partial charge in [-0.2, -0.15) is 0 Å². The molecule has 0 heterocycles. The number of benzene rings is 2. The van der Waals surface area contributed by atoms with Crippen LogP contribution < -0.4 is 10.1 Å². The number of hydrogen-bond donors (Lipinski definition) is 1. The summed E-state index contributed by atoms with van der Waals surface area (Å²) in [6, 6.07) is 14.3. The molecule has 0 aliphatic heterocycles. The Morgan fingerprint density at radius 3 is 2.82 bits per heavy atom. The van der Waals surface area contributed by atoms with Crippen LogP contribution in [0, 0.1) is 12.3 Å². The van der Waals surface area contributed by atoms with Crippen LogP contribution >= 0.6 is 0 Å². The first-order valence-corrected chi connectivity index (χ1v) is 5.66. The Balaban J connectivity index is 2.01. The van der Waals surface area contributed by atoms with E-state index in [1.54, 1.807) is 0 Å². The highest BCUT2D eigenvalue weighted by atomic mass is 16.5. The SMILES string of the molecule is C#CCNCCOc1cccc2ccccc12. The minimum absolute atomic E-state index is 0.582. The normalized spacial score (nSPS) is 10.1. The number of rotatable bonds is 5. The van der Waals surface area contributed by atoms with Gasteiger partial charge in [0.05, 0.1) is 6.54 Å². The van der Waals surface area contributed by atoms with Crippen molar-refractivity contribution in [2.75, 3.05) is 19.7 Å². The first kappa shape index (κ1) is 11.5. The van der Waals surface area contributed by atoms with Crippen molar-refractivity contribution in [3.63, 3.8) is 0 Å². The van der Waals surface area contributed by atoms with E-state index in [2.05, 4.69) is 29.4 Å². The molecule has 0 atom stereocenters. The third kappa shape index (κ3) is 2.99. The topological polar surface area (TPSA) is 21.3 Å². The Bertz CT molecular complexity index is 522. The fourth-order valence-electron chi connectivity index (χ4n) is 1.72. The Labute approximate surface area is 102 Å². The molecule has 0 spiro atoms. The second-order valence-corrected chi connectivity index (χ2v) is 3.71. The number of hydrogen-bond acceptors (Lipinski definition) is 2. The van der Waals surface area contributed by atoms with Gasteiger partial charge in [0, 0.05) is 11.9 Å². The van der Waals surface area contributed by atoms with Crippen molar-refractivity contribution in [3.8, 4) is 18.1 Å². The molecule has 2 nitrogen and oxygen atoms in total. The smallest absolute Gasteiger partial charge is 0.127 e. The van der Waals surface area contributed by atoms with Gasteiger partial charge in [-0.15, -0.1) is 6.42 Å². The minimum Gasteiger partial charge on any atom is -0.492 e. The molecule has 0 aliphatic rings. The van der Waals surface area contributed by atoms with Crippen LogP contribution in [0.15, 0.2) is 42.5 Å². The van der Waals surface area contributed by atoms with Crippen molar-refractivity contribution in [1.82, 2.24) is 5.32 Å². The van der Waals surface area contributed by atoms with E-state index in [1.807, 2.05) is 24.3 Å². The van der Waals surface area contributed by atoms with Gasteiger partial charge in [0.25, 0.3) is 0 Å². The lowest BCUT2D eigenvalue weighted by atomic mass is 10.1. The molecule has 0 saturated carbocycles. The molecule has 0 aliphatic carbocycles. The lowest BCUT2D eigenvalue weighted by Gasteiger charge is -2.09. The van der Waals surface area contributed by atoms with E-state index in [9.17, 15) is 0 Å². The molecule has 0 amide bonds. The van der Waals surface area contributed by atoms with Crippen LogP contribution in [-0.4, -0.2) is 19.7 Å². The summed E-state index contributed by atoms with van der Waals surface area (Å²) in [5.74, 6) is 3.45. The van der Waals surface area contributed by atoms with Crippen LogP contribution in [0.4, 0.5) is 0 Å². The Morgan fingerprint density at radius 1 is 1.12 bits per heavy atom. The second-order valence-electron chi connectivity index (χ2n) is 3.71. The summed E-state index contributed by atoms with van der Waals surface area (Å²) >= 11 is 0. The monoisotopic (exact) mass is 225 g/mol. The standard InChI is InChI=1S/C15H15NO/c1-2-10-16-11-12-17-15-9-5-7-13-6-3-4-8-14(13)15/h1,3-9,16H,10-12H2. The van der Waals surface area contributed by atoms with Gasteiger partial charge in [-0.1, -0.05) is 42.3 Å². The zero-order valence-electron chi connectivity index (χ0n) is 9.65. The number of fused-ring (bicyclic) bond motifs is 1. The van der Waals surface area contributed by atoms with Gasteiger partial charge in [0.2, 0.25) is 0 Å². The average Bonchev–Trinajstić information content (AvgIpc) is 2.39. The first-order valence-electron chi connectivity index (χ1n) is 5.66. The maximum atomic E-state index is 5.73. The highest BCUT2D eigenvalue weighted by Gasteiger charge is 1.99. The van der Waals surface area contributed by atoms with Gasteiger partial charge in [-0.3, -0.25) is 0 Å². The molecule has 1 N–H and O–H groups in total. The van der Waals surface area contributed by atoms with E-state index in [1.165, 1.54) is 5.39 Å². The predicted molar refractivity (Wildman–Crippen MR) is 71.1 cm³/mol. The van der Waals surface area contributed by atoms with E-state index < -0.39 is 0 Å². The van der Waals surface area contributed by atoms with E-state index in [0.29, 0.717) is 13.2 Å². The summed E-state index contributed by atoms with van der Waals surface area (Å²) in [5.41, 5.74) is 0. The van der Waals surface area contributed by atoms with Crippen molar-refractivity contribution < 1.29 is 4.74 Å². The molecule has 2 aromatic carbocycles. The van der Waals surface area contributed by atoms with Crippen molar-refractivity contribution in [3.05, 3.63) is 42.5 Å². The molecule has 0 bridgehead atoms. The molecule has 17 heavy (non-hydrogen) atoms. The predicted octanol–water partition coefficient (Wildman–Crippen LogP) is 2.44. The summed E-state index contributed by atoms with van der Waals surface area (Å²) in [7, 11) is 0. The van der Waals surface area contributed by atoms with E-state index >= 15 is 0 Å². The van der Waals surface area contributed by atoms with Gasteiger partial charge >= 0.3 is 0 Å². The van der Waals surface area contributed by atoms with Crippen molar-refractivity contribution in [2.24, 2.45) is 0 Å². The van der Waals surface area contributed by atoms with Gasteiger partial charge in [0.1, 0.15) is 12.4 Å². The van der Waals surface area contributed by atoms with Gasteiger partial charge in [-0.25, -0.2) is 0 Å². The van der Waals surface area contributed by atoms with Gasteiger partial charge in [0.15, 0.2) is 0 Å². The van der Waals surface area contributed by atoms with E-state index in [-0.39, 0.29) is 0 Å². The Morgan fingerprint density at radius 2 is 1.94 bits per heavy atom. The second kappa shape index (κ2) is 5.93. The Hall–Kier alpha value is -1.98. The molecule has 0 radical (unpaired) electrons. The van der Waals surface area contributed by atoms with Crippen LogP contribution in [0.1, 0.15) is 0 Å². The quantitative estimate of drug-likeness (QED) is 0.623. The minimum atomic E-state index is 0.582. The molecule has 0 saturated heterocycles. The zero-order chi connectivity index (χ0) is 11.9. The molecule has 2 rings (SSSR count). The largest absolute Gasteiger partial charge is 0.492 e. The molecule has 2 heteroatoms. The lowest BCUT2D eigenvalue weighted by molar-refractivity contribution is 0.320. The van der Waals surface area contributed by atoms with Gasteiger partial charge in [-0.05, 0) is 11.5 Å². The van der Waals surface area contributed by atoms with Crippen molar-refractivity contribution in [1.29, 1.82) is 0 Å². The molecular weight excluding hydrogens is 210 g/mol. The maximum Gasteiger partial charge on any atom is 0.127 e. The highest BCUT2D eigenvalue weighted by Crippen LogP contribution is 2.24. The van der Waals surface area contributed by atoms with Crippen LogP contribution in [0.5, 0.6) is 5.75 Å². The van der Waals surface area contributed by atoms with Crippen LogP contribution in [0.3, 0.4) is 0 Å². The summed E-state index contributed by atoms with van der Waals surface area (Å²) in [6.07, 6.45) is 5.14. The molecule has 0 aromatic heterocycles. The average molecular weight is 225 g/mol. The summed E-state index contributed by atoms with van der Waals surface area (Å²) in [6.45, 7) is 1.96.